The monoisotopic (exact) mass is 305 g/mol. The predicted molar refractivity (Wildman–Crippen MR) is 80.8 cm³/mol. The van der Waals surface area contributed by atoms with Crippen LogP contribution in [0.4, 0.5) is 10.5 Å². The van der Waals surface area contributed by atoms with Gasteiger partial charge in [0, 0.05) is 16.8 Å². The molecule has 0 saturated heterocycles. The number of nitrogens with zero attached hydrogens (tertiary/aromatic N) is 1. The number of hydrogen-bond acceptors (Lipinski definition) is 4. The predicted octanol–water partition coefficient (Wildman–Crippen LogP) is 2.78. The zero-order valence-electron chi connectivity index (χ0n) is 11.6. The molecule has 0 atom stereocenters. The molecule has 2 rings (SSSR count). The highest BCUT2D eigenvalue weighted by Gasteiger charge is 2.09. The van der Waals surface area contributed by atoms with E-state index in [4.69, 9.17) is 5.11 Å². The van der Waals surface area contributed by atoms with Gasteiger partial charge in [-0.1, -0.05) is 6.07 Å². The standard InChI is InChI=1S/C14H15N3O3S/c1-8-3-4-10(5-11(8)13(18)19)17-14(20)15-6-12-16-9(2)7-21-12/h3-5,7H,6H2,1-2H3,(H,18,19)(H2,15,17,20). The summed E-state index contributed by atoms with van der Waals surface area (Å²) < 4.78 is 0. The van der Waals surface area contributed by atoms with Crippen LogP contribution in [0.2, 0.25) is 0 Å². The summed E-state index contributed by atoms with van der Waals surface area (Å²) >= 11 is 1.47. The largest absolute Gasteiger partial charge is 0.478 e. The van der Waals surface area contributed by atoms with Crippen LogP contribution < -0.4 is 10.6 Å². The number of carbonyl (C=O) groups excluding carboxylic acids is 1. The lowest BCUT2D eigenvalue weighted by Gasteiger charge is -2.08. The van der Waals surface area contributed by atoms with Gasteiger partial charge in [-0.3, -0.25) is 0 Å². The Balaban J connectivity index is 1.96. The maximum Gasteiger partial charge on any atom is 0.336 e. The SMILES string of the molecule is Cc1csc(CNC(=O)Nc2ccc(C)c(C(=O)O)c2)n1. The Hall–Kier alpha value is -2.41. The number of nitrogens with one attached hydrogen (secondary N) is 2. The van der Waals surface area contributed by atoms with Gasteiger partial charge in [0.25, 0.3) is 0 Å². The fraction of sp³-hybridized carbons (Fsp3) is 0.214. The number of thiazole rings is 1. The van der Waals surface area contributed by atoms with Crippen molar-refractivity contribution in [2.45, 2.75) is 20.4 Å². The molecule has 1 heterocycles. The molecule has 7 heteroatoms. The number of aryl methyl sites for hydroxylation is 2. The smallest absolute Gasteiger partial charge is 0.336 e. The van der Waals surface area contributed by atoms with Crippen molar-refractivity contribution in [3.05, 3.63) is 45.4 Å². The Morgan fingerprint density at radius 3 is 2.71 bits per heavy atom. The molecule has 3 N–H and O–H groups in total. The number of carbonyl (C=O) groups is 2. The molecule has 0 spiro atoms. The highest BCUT2D eigenvalue weighted by atomic mass is 32.1. The molecule has 0 aliphatic rings. The number of aromatic carboxylic acids is 1. The quantitative estimate of drug-likeness (QED) is 0.810. The Kier molecular flexibility index (Phi) is 4.54. The van der Waals surface area contributed by atoms with Crippen LogP contribution >= 0.6 is 11.3 Å². The van der Waals surface area contributed by atoms with Gasteiger partial charge in [-0.15, -0.1) is 11.3 Å². The van der Waals surface area contributed by atoms with E-state index in [0.717, 1.165) is 10.7 Å². The van der Waals surface area contributed by atoms with Crippen molar-refractivity contribution >= 4 is 29.0 Å². The van der Waals surface area contributed by atoms with Crippen LogP contribution in [-0.2, 0) is 6.54 Å². The summed E-state index contributed by atoms with van der Waals surface area (Å²) in [5, 5.41) is 17.1. The minimum absolute atomic E-state index is 0.170. The molecule has 0 aliphatic carbocycles. The fourth-order valence-electron chi connectivity index (χ4n) is 1.75. The number of anilines is 1. The van der Waals surface area contributed by atoms with Crippen LogP contribution in [0.1, 0.15) is 26.6 Å². The summed E-state index contributed by atoms with van der Waals surface area (Å²) in [6, 6.07) is 4.35. The molecule has 0 aliphatic heterocycles. The number of carboxylic acid groups (broad SMARTS) is 1. The summed E-state index contributed by atoms with van der Waals surface area (Å²) in [6.45, 7) is 3.93. The molecular weight excluding hydrogens is 290 g/mol. The van der Waals surface area contributed by atoms with Gasteiger partial charge in [-0.05, 0) is 31.5 Å². The van der Waals surface area contributed by atoms with Crippen LogP contribution in [-0.4, -0.2) is 22.1 Å². The average Bonchev–Trinajstić information content (AvgIpc) is 2.84. The van der Waals surface area contributed by atoms with Crippen LogP contribution in [0.15, 0.2) is 23.6 Å². The molecule has 1 aromatic carbocycles. The Labute approximate surface area is 125 Å². The van der Waals surface area contributed by atoms with Gasteiger partial charge in [-0.2, -0.15) is 0 Å². The van der Waals surface area contributed by atoms with E-state index in [0.29, 0.717) is 17.8 Å². The minimum atomic E-state index is -1.02. The summed E-state index contributed by atoms with van der Waals surface area (Å²) in [7, 11) is 0. The van der Waals surface area contributed by atoms with Crippen LogP contribution in [0.5, 0.6) is 0 Å². The van der Waals surface area contributed by atoms with Crippen molar-refractivity contribution in [1.29, 1.82) is 0 Å². The van der Waals surface area contributed by atoms with E-state index < -0.39 is 12.0 Å². The van der Waals surface area contributed by atoms with E-state index in [-0.39, 0.29) is 5.56 Å². The zero-order valence-corrected chi connectivity index (χ0v) is 12.5. The van der Waals surface area contributed by atoms with Gasteiger partial charge in [0.2, 0.25) is 0 Å². The maximum absolute atomic E-state index is 11.8. The number of rotatable bonds is 4. The van der Waals surface area contributed by atoms with Gasteiger partial charge in [0.1, 0.15) is 5.01 Å². The first kappa shape index (κ1) is 15.0. The summed E-state index contributed by atoms with van der Waals surface area (Å²) in [5.74, 6) is -1.02. The van der Waals surface area contributed by atoms with Crippen molar-refractivity contribution in [1.82, 2.24) is 10.3 Å². The van der Waals surface area contributed by atoms with Crippen molar-refractivity contribution in [3.8, 4) is 0 Å². The molecule has 0 unspecified atom stereocenters. The van der Waals surface area contributed by atoms with Crippen molar-refractivity contribution in [2.24, 2.45) is 0 Å². The second-order valence-electron chi connectivity index (χ2n) is 4.53. The molecule has 110 valence electrons. The number of urea groups is 1. The van der Waals surface area contributed by atoms with E-state index in [1.165, 1.54) is 17.4 Å². The second kappa shape index (κ2) is 6.36. The Bertz CT molecular complexity index is 682. The van der Waals surface area contributed by atoms with Crippen LogP contribution in [0, 0.1) is 13.8 Å². The summed E-state index contributed by atoms with van der Waals surface area (Å²) in [4.78, 5) is 27.0. The van der Waals surface area contributed by atoms with Gasteiger partial charge < -0.3 is 15.7 Å². The molecule has 0 radical (unpaired) electrons. The molecule has 2 amide bonds. The fourth-order valence-corrected chi connectivity index (χ4v) is 2.46. The number of aromatic nitrogens is 1. The topological polar surface area (TPSA) is 91.3 Å². The van der Waals surface area contributed by atoms with Crippen LogP contribution in [0.3, 0.4) is 0 Å². The lowest BCUT2D eigenvalue weighted by Crippen LogP contribution is -2.28. The third-order valence-corrected chi connectivity index (χ3v) is 3.76. The third kappa shape index (κ3) is 4.03. The molecular formula is C14H15N3O3S. The first-order chi connectivity index (χ1) is 9.95. The van der Waals surface area contributed by atoms with E-state index in [9.17, 15) is 9.59 Å². The van der Waals surface area contributed by atoms with Gasteiger partial charge in [0.15, 0.2) is 0 Å². The lowest BCUT2D eigenvalue weighted by atomic mass is 10.1. The molecule has 6 nitrogen and oxygen atoms in total. The molecule has 0 fully saturated rings. The van der Waals surface area contributed by atoms with Gasteiger partial charge in [0.05, 0.1) is 12.1 Å². The van der Waals surface area contributed by atoms with E-state index in [1.807, 2.05) is 12.3 Å². The maximum atomic E-state index is 11.8. The van der Waals surface area contributed by atoms with E-state index in [2.05, 4.69) is 15.6 Å². The Morgan fingerprint density at radius 2 is 2.10 bits per heavy atom. The molecule has 0 saturated carbocycles. The number of benzene rings is 1. The van der Waals surface area contributed by atoms with Crippen molar-refractivity contribution in [3.63, 3.8) is 0 Å². The number of amides is 2. The highest BCUT2D eigenvalue weighted by molar-refractivity contribution is 7.09. The first-order valence-electron chi connectivity index (χ1n) is 6.25. The van der Waals surface area contributed by atoms with E-state index >= 15 is 0 Å². The highest BCUT2D eigenvalue weighted by Crippen LogP contribution is 2.15. The molecule has 0 bridgehead atoms. The summed E-state index contributed by atoms with van der Waals surface area (Å²) in [6.07, 6.45) is 0. The van der Waals surface area contributed by atoms with E-state index in [1.54, 1.807) is 19.1 Å². The first-order valence-corrected chi connectivity index (χ1v) is 7.13. The molecule has 2 aromatic rings. The normalized spacial score (nSPS) is 10.2. The summed E-state index contributed by atoms with van der Waals surface area (Å²) in [5.41, 5.74) is 2.17. The lowest BCUT2D eigenvalue weighted by molar-refractivity contribution is 0.0696. The Morgan fingerprint density at radius 1 is 1.33 bits per heavy atom. The zero-order chi connectivity index (χ0) is 15.4. The second-order valence-corrected chi connectivity index (χ2v) is 5.47. The average molecular weight is 305 g/mol. The molecule has 21 heavy (non-hydrogen) atoms. The van der Waals surface area contributed by atoms with Crippen LogP contribution in [0.25, 0.3) is 0 Å². The van der Waals surface area contributed by atoms with Gasteiger partial charge in [-0.25, -0.2) is 14.6 Å². The van der Waals surface area contributed by atoms with Crippen molar-refractivity contribution < 1.29 is 14.7 Å². The number of hydrogen-bond donors (Lipinski definition) is 3. The van der Waals surface area contributed by atoms with Gasteiger partial charge >= 0.3 is 12.0 Å². The van der Waals surface area contributed by atoms with Crippen molar-refractivity contribution in [2.75, 3.05) is 5.32 Å². The number of carboxylic acids is 1. The molecule has 1 aromatic heterocycles. The third-order valence-electron chi connectivity index (χ3n) is 2.79. The minimum Gasteiger partial charge on any atom is -0.478 e.